The molecule has 0 amide bonds. The van der Waals surface area contributed by atoms with Gasteiger partial charge in [-0.3, -0.25) is 0 Å². The Hall–Kier alpha value is -2.30. The Labute approximate surface area is 99.2 Å². The van der Waals surface area contributed by atoms with Crippen molar-refractivity contribution in [1.29, 1.82) is 0 Å². The highest BCUT2D eigenvalue weighted by Gasteiger charge is 2.08. The number of benzene rings is 1. The van der Waals surface area contributed by atoms with Crippen LogP contribution in [0.1, 0.15) is 5.69 Å². The molecule has 5 nitrogen and oxygen atoms in total. The summed E-state index contributed by atoms with van der Waals surface area (Å²) in [6.07, 6.45) is 3.06. The first-order chi connectivity index (χ1) is 8.20. The maximum Gasteiger partial charge on any atom is 0.169 e. The third-order valence-corrected chi connectivity index (χ3v) is 2.25. The molecule has 0 aliphatic carbocycles. The molecule has 0 atom stereocenters. The summed E-state index contributed by atoms with van der Waals surface area (Å²) in [6, 6.07) is 4.92. The van der Waals surface area contributed by atoms with Crippen LogP contribution in [0.2, 0.25) is 0 Å². The lowest BCUT2D eigenvalue weighted by molar-refractivity contribution is 0.377. The Kier molecular flexibility index (Phi) is 3.09. The van der Waals surface area contributed by atoms with Crippen molar-refractivity contribution in [2.45, 2.75) is 6.92 Å². The Morgan fingerprint density at radius 1 is 1.18 bits per heavy atom. The van der Waals surface area contributed by atoms with Crippen molar-refractivity contribution in [1.82, 2.24) is 15.7 Å². The predicted octanol–water partition coefficient (Wildman–Crippen LogP) is 2.50. The summed E-state index contributed by atoms with van der Waals surface area (Å²) in [4.78, 5) is 7.94. The van der Waals surface area contributed by atoms with Crippen LogP contribution in [0, 0.1) is 6.92 Å². The van der Waals surface area contributed by atoms with Crippen LogP contribution in [0.15, 0.2) is 30.7 Å². The summed E-state index contributed by atoms with van der Waals surface area (Å²) in [6.45, 7) is 1.84. The van der Waals surface area contributed by atoms with E-state index in [1.54, 1.807) is 24.4 Å². The quantitative estimate of drug-likeness (QED) is 0.812. The Bertz CT molecular complexity index is 529. The molecule has 87 valence electrons. The van der Waals surface area contributed by atoms with E-state index in [1.165, 1.54) is 13.4 Å². The van der Waals surface area contributed by atoms with Gasteiger partial charge in [-0.1, -0.05) is 0 Å². The Morgan fingerprint density at radius 3 is 2.71 bits per heavy atom. The van der Waals surface area contributed by atoms with Crippen molar-refractivity contribution in [3.05, 3.63) is 36.4 Å². The van der Waals surface area contributed by atoms with E-state index in [2.05, 4.69) is 9.97 Å². The number of hydrogen-bond donors (Lipinski definition) is 0. The van der Waals surface area contributed by atoms with Crippen LogP contribution in [-0.4, -0.2) is 17.1 Å². The minimum atomic E-state index is 0.371. The summed E-state index contributed by atoms with van der Waals surface area (Å²) in [5.74, 6) is 1.63. The van der Waals surface area contributed by atoms with Crippen molar-refractivity contribution in [3.63, 3.8) is 0 Å². The number of aryl methyl sites for hydroxylation is 1. The smallest absolute Gasteiger partial charge is 0.169 e. The largest absolute Gasteiger partial charge is 0.493 e. The topological polar surface area (TPSA) is 68.0 Å². The summed E-state index contributed by atoms with van der Waals surface area (Å²) in [5, 5.41) is 0. The molecule has 17 heavy (non-hydrogen) atoms. The monoisotopic (exact) mass is 230 g/mol. The van der Waals surface area contributed by atoms with E-state index < -0.39 is 0 Å². The van der Waals surface area contributed by atoms with Gasteiger partial charge in [0.05, 0.1) is 24.7 Å². The average Bonchev–Trinajstić information content (AvgIpc) is 2.34. The average molecular weight is 230 g/mol. The van der Waals surface area contributed by atoms with Crippen molar-refractivity contribution >= 4 is 5.69 Å². The molecule has 0 unspecified atom stereocenters. The molecule has 1 heterocycles. The molecule has 2 rings (SSSR count). The number of nitrogens with one attached hydrogen (secondary N) is 1. The number of hydrogen-bond acceptors (Lipinski definition) is 4. The summed E-state index contributed by atoms with van der Waals surface area (Å²) in [5.41, 5.74) is 8.62. The van der Waals surface area contributed by atoms with Crippen molar-refractivity contribution in [3.8, 4) is 17.2 Å². The molecule has 0 fully saturated rings. The summed E-state index contributed by atoms with van der Waals surface area (Å²) in [7, 11) is 1.54. The molecule has 5 heteroatoms. The van der Waals surface area contributed by atoms with Gasteiger partial charge in [0.1, 0.15) is 6.33 Å². The fourth-order valence-electron chi connectivity index (χ4n) is 1.35. The molecule has 0 bridgehead atoms. The van der Waals surface area contributed by atoms with Crippen molar-refractivity contribution in [2.24, 2.45) is 0 Å². The van der Waals surface area contributed by atoms with Gasteiger partial charge in [0.15, 0.2) is 17.2 Å². The van der Waals surface area contributed by atoms with Crippen LogP contribution < -0.4 is 15.2 Å². The van der Waals surface area contributed by atoms with Crippen LogP contribution in [0.4, 0.5) is 5.69 Å². The third-order valence-electron chi connectivity index (χ3n) is 2.25. The summed E-state index contributed by atoms with van der Waals surface area (Å²) >= 11 is 0. The molecule has 0 aliphatic rings. The molecule has 1 aromatic heterocycles. The van der Waals surface area contributed by atoms with Crippen molar-refractivity contribution < 1.29 is 9.47 Å². The van der Waals surface area contributed by atoms with E-state index >= 15 is 0 Å². The van der Waals surface area contributed by atoms with Gasteiger partial charge in [0.2, 0.25) is 0 Å². The van der Waals surface area contributed by atoms with Gasteiger partial charge in [-0.25, -0.2) is 9.97 Å². The first kappa shape index (κ1) is 11.2. The normalized spacial score (nSPS) is 10.0. The summed E-state index contributed by atoms with van der Waals surface area (Å²) < 4.78 is 10.8. The number of methoxy groups -OCH3 is 1. The second kappa shape index (κ2) is 4.69. The van der Waals surface area contributed by atoms with E-state index in [-0.39, 0.29) is 0 Å². The van der Waals surface area contributed by atoms with E-state index in [9.17, 15) is 0 Å². The first-order valence-corrected chi connectivity index (χ1v) is 5.05. The molecular formula is C12H12N3O2. The van der Waals surface area contributed by atoms with Gasteiger partial charge in [-0.15, -0.1) is 0 Å². The molecule has 1 radical (unpaired) electrons. The predicted molar refractivity (Wildman–Crippen MR) is 62.6 cm³/mol. The molecular weight excluding hydrogens is 218 g/mol. The molecule has 1 N–H and O–H groups in total. The molecule has 0 aliphatic heterocycles. The number of rotatable bonds is 3. The van der Waals surface area contributed by atoms with Gasteiger partial charge >= 0.3 is 0 Å². The minimum Gasteiger partial charge on any atom is -0.493 e. The molecule has 0 spiro atoms. The van der Waals surface area contributed by atoms with Gasteiger partial charge in [-0.05, 0) is 19.1 Å². The fraction of sp³-hybridized carbons (Fsp3) is 0.167. The minimum absolute atomic E-state index is 0.371. The molecule has 2 aromatic rings. The standard InChI is InChI=1S/C12H12N3O2/c1-8-12(6-14-7-15-8)17-10-4-3-9(13)5-11(10)16-2/h3-7,13H,1-2H3. The number of aromatic nitrogens is 2. The number of ether oxygens (including phenoxy) is 2. The van der Waals surface area contributed by atoms with E-state index in [0.717, 1.165) is 5.69 Å². The molecule has 0 saturated heterocycles. The van der Waals surface area contributed by atoms with Gasteiger partial charge in [0, 0.05) is 6.07 Å². The third kappa shape index (κ3) is 2.44. The highest BCUT2D eigenvalue weighted by molar-refractivity contribution is 5.51. The maximum atomic E-state index is 7.50. The first-order valence-electron chi connectivity index (χ1n) is 5.05. The lowest BCUT2D eigenvalue weighted by Crippen LogP contribution is -1.94. The van der Waals surface area contributed by atoms with Gasteiger partial charge in [0.25, 0.3) is 0 Å². The second-order valence-electron chi connectivity index (χ2n) is 3.44. The molecule has 1 aromatic carbocycles. The fourth-order valence-corrected chi connectivity index (χ4v) is 1.35. The van der Waals surface area contributed by atoms with Gasteiger partial charge < -0.3 is 15.2 Å². The lowest BCUT2D eigenvalue weighted by atomic mass is 10.3. The van der Waals surface area contributed by atoms with Crippen LogP contribution in [0.3, 0.4) is 0 Å². The highest BCUT2D eigenvalue weighted by Crippen LogP contribution is 2.33. The van der Waals surface area contributed by atoms with Crippen LogP contribution in [0.5, 0.6) is 17.2 Å². The van der Waals surface area contributed by atoms with Crippen LogP contribution in [-0.2, 0) is 0 Å². The van der Waals surface area contributed by atoms with E-state index in [0.29, 0.717) is 22.9 Å². The Morgan fingerprint density at radius 2 is 2.00 bits per heavy atom. The SMILES string of the molecule is COc1cc([NH])ccc1Oc1cncnc1C. The zero-order chi connectivity index (χ0) is 12.3. The van der Waals surface area contributed by atoms with Crippen LogP contribution >= 0.6 is 0 Å². The lowest BCUT2D eigenvalue weighted by Gasteiger charge is -2.11. The zero-order valence-corrected chi connectivity index (χ0v) is 9.60. The van der Waals surface area contributed by atoms with Crippen molar-refractivity contribution in [2.75, 3.05) is 7.11 Å². The highest BCUT2D eigenvalue weighted by atomic mass is 16.5. The zero-order valence-electron chi connectivity index (χ0n) is 9.60. The number of nitrogens with zero attached hydrogens (tertiary/aromatic N) is 2. The maximum absolute atomic E-state index is 7.50. The molecule has 0 saturated carbocycles. The van der Waals surface area contributed by atoms with Crippen LogP contribution in [0.25, 0.3) is 0 Å². The van der Waals surface area contributed by atoms with E-state index in [1.807, 2.05) is 6.92 Å². The van der Waals surface area contributed by atoms with Gasteiger partial charge in [-0.2, -0.15) is 0 Å². The second-order valence-corrected chi connectivity index (χ2v) is 3.44. The van der Waals surface area contributed by atoms with E-state index in [4.69, 9.17) is 15.2 Å². The Balaban J connectivity index is 2.33.